The van der Waals surface area contributed by atoms with Crippen LogP contribution in [0.15, 0.2) is 47.4 Å². The molecular formula is C16H17FN2O3S. The lowest BCUT2D eigenvalue weighted by Crippen LogP contribution is -2.26. The van der Waals surface area contributed by atoms with Crippen molar-refractivity contribution in [2.45, 2.75) is 18.2 Å². The number of nitrogens with one attached hydrogen (secondary N) is 1. The van der Waals surface area contributed by atoms with Gasteiger partial charge < -0.3 is 5.73 Å². The lowest BCUT2D eigenvalue weighted by Gasteiger charge is -2.08. The molecule has 7 heteroatoms. The Morgan fingerprint density at radius 1 is 1.22 bits per heavy atom. The normalized spacial score (nSPS) is 11.4. The van der Waals surface area contributed by atoms with Crippen molar-refractivity contribution in [1.82, 2.24) is 4.72 Å². The number of primary amides is 1. The number of hydrogen-bond donors (Lipinski definition) is 2. The molecule has 5 nitrogen and oxygen atoms in total. The number of nitrogens with two attached hydrogens (primary N) is 1. The number of hydrogen-bond acceptors (Lipinski definition) is 3. The van der Waals surface area contributed by atoms with Crippen molar-refractivity contribution in [3.8, 4) is 0 Å². The summed E-state index contributed by atoms with van der Waals surface area (Å²) in [5, 5.41) is 0. The third-order valence-corrected chi connectivity index (χ3v) is 4.68. The Kier molecular flexibility index (Phi) is 5.12. The van der Waals surface area contributed by atoms with Crippen LogP contribution in [0.2, 0.25) is 0 Å². The first-order chi connectivity index (χ1) is 10.8. The highest BCUT2D eigenvalue weighted by atomic mass is 32.2. The summed E-state index contributed by atoms with van der Waals surface area (Å²) in [7, 11) is -3.78. The summed E-state index contributed by atoms with van der Waals surface area (Å²) in [5.74, 6) is -1.14. The van der Waals surface area contributed by atoms with Crippen LogP contribution in [0.1, 0.15) is 21.5 Å². The van der Waals surface area contributed by atoms with Crippen LogP contribution in [-0.2, 0) is 16.4 Å². The fourth-order valence-corrected chi connectivity index (χ4v) is 3.30. The average molecular weight is 336 g/mol. The van der Waals surface area contributed by atoms with E-state index in [0.717, 1.165) is 11.6 Å². The molecule has 23 heavy (non-hydrogen) atoms. The molecule has 0 bridgehead atoms. The Hall–Kier alpha value is -2.25. The van der Waals surface area contributed by atoms with Gasteiger partial charge in [-0.15, -0.1) is 0 Å². The van der Waals surface area contributed by atoms with Crippen LogP contribution >= 0.6 is 0 Å². The summed E-state index contributed by atoms with van der Waals surface area (Å²) in [5.41, 5.74) is 6.87. The Bertz CT molecular complexity index is 815. The van der Waals surface area contributed by atoms with Gasteiger partial charge in [-0.05, 0) is 54.8 Å². The third-order valence-electron chi connectivity index (χ3n) is 3.24. The second-order valence-electron chi connectivity index (χ2n) is 5.18. The van der Waals surface area contributed by atoms with Crippen molar-refractivity contribution >= 4 is 15.9 Å². The summed E-state index contributed by atoms with van der Waals surface area (Å²) in [6, 6.07) is 10.3. The first-order valence-corrected chi connectivity index (χ1v) is 8.42. The molecule has 2 aromatic rings. The van der Waals surface area contributed by atoms with Crippen molar-refractivity contribution in [2.75, 3.05) is 6.54 Å². The van der Waals surface area contributed by atoms with Gasteiger partial charge in [-0.3, -0.25) is 4.79 Å². The summed E-state index contributed by atoms with van der Waals surface area (Å²) in [6.07, 6.45) is 0.384. The number of benzene rings is 2. The van der Waals surface area contributed by atoms with Crippen LogP contribution < -0.4 is 10.5 Å². The van der Waals surface area contributed by atoms with Gasteiger partial charge in [0.25, 0.3) is 0 Å². The summed E-state index contributed by atoms with van der Waals surface area (Å²) in [6.45, 7) is 1.75. The maximum atomic E-state index is 13.3. The number of amides is 1. The summed E-state index contributed by atoms with van der Waals surface area (Å²) < 4.78 is 40.0. The van der Waals surface area contributed by atoms with Crippen LogP contribution in [0.4, 0.5) is 4.39 Å². The van der Waals surface area contributed by atoms with Gasteiger partial charge in [0.2, 0.25) is 15.9 Å². The van der Waals surface area contributed by atoms with E-state index in [-0.39, 0.29) is 11.4 Å². The highest BCUT2D eigenvalue weighted by molar-refractivity contribution is 7.89. The maximum Gasteiger partial charge on any atom is 0.248 e. The highest BCUT2D eigenvalue weighted by Gasteiger charge is 2.15. The van der Waals surface area contributed by atoms with Crippen LogP contribution in [0.3, 0.4) is 0 Å². The number of aryl methyl sites for hydroxylation is 1. The van der Waals surface area contributed by atoms with E-state index in [1.165, 1.54) is 12.1 Å². The average Bonchev–Trinajstić information content (AvgIpc) is 2.46. The molecule has 0 radical (unpaired) electrons. The standard InChI is InChI=1S/C16H17FN2O3S/c1-11-7-14(17)10-15(8-11)23(21,22)19-6-5-12-3-2-4-13(9-12)16(18)20/h2-4,7-10,19H,5-6H2,1H3,(H2,18,20). The van der Waals surface area contributed by atoms with Gasteiger partial charge in [-0.2, -0.15) is 0 Å². The second kappa shape index (κ2) is 6.89. The molecule has 0 spiro atoms. The lowest BCUT2D eigenvalue weighted by atomic mass is 10.1. The van der Waals surface area contributed by atoms with Crippen LogP contribution in [-0.4, -0.2) is 20.9 Å². The SMILES string of the molecule is Cc1cc(F)cc(S(=O)(=O)NCCc2cccc(C(N)=O)c2)c1. The molecule has 0 atom stereocenters. The fraction of sp³-hybridized carbons (Fsp3) is 0.188. The van der Waals surface area contributed by atoms with E-state index < -0.39 is 21.7 Å². The molecule has 122 valence electrons. The minimum Gasteiger partial charge on any atom is -0.366 e. The molecule has 0 aliphatic carbocycles. The predicted molar refractivity (Wildman–Crippen MR) is 85.0 cm³/mol. The van der Waals surface area contributed by atoms with Crippen LogP contribution in [0.5, 0.6) is 0 Å². The first-order valence-electron chi connectivity index (χ1n) is 6.93. The second-order valence-corrected chi connectivity index (χ2v) is 6.94. The van der Waals surface area contributed by atoms with Gasteiger partial charge in [0.05, 0.1) is 4.90 Å². The van der Waals surface area contributed by atoms with Crippen molar-refractivity contribution in [3.63, 3.8) is 0 Å². The smallest absolute Gasteiger partial charge is 0.248 e. The van der Waals surface area contributed by atoms with E-state index in [1.807, 2.05) is 0 Å². The molecule has 3 N–H and O–H groups in total. The largest absolute Gasteiger partial charge is 0.366 e. The molecule has 0 aliphatic heterocycles. The zero-order valence-electron chi connectivity index (χ0n) is 12.5. The molecule has 1 amide bonds. The molecule has 0 heterocycles. The van der Waals surface area contributed by atoms with Crippen molar-refractivity contribution in [2.24, 2.45) is 5.73 Å². The van der Waals surface area contributed by atoms with Crippen LogP contribution in [0, 0.1) is 12.7 Å². The molecular weight excluding hydrogens is 319 g/mol. The molecule has 0 unspecified atom stereocenters. The topological polar surface area (TPSA) is 89.3 Å². The van der Waals surface area contributed by atoms with E-state index in [9.17, 15) is 17.6 Å². The fourth-order valence-electron chi connectivity index (χ4n) is 2.15. The lowest BCUT2D eigenvalue weighted by molar-refractivity contribution is 0.1000. The number of carbonyl (C=O) groups excluding carboxylic acids is 1. The molecule has 0 saturated carbocycles. The van der Waals surface area contributed by atoms with Crippen molar-refractivity contribution in [3.05, 3.63) is 65.0 Å². The molecule has 0 aromatic heterocycles. The van der Waals surface area contributed by atoms with E-state index in [1.54, 1.807) is 31.2 Å². The quantitative estimate of drug-likeness (QED) is 0.842. The Morgan fingerprint density at radius 3 is 2.61 bits per heavy atom. The Morgan fingerprint density at radius 2 is 1.96 bits per heavy atom. The highest BCUT2D eigenvalue weighted by Crippen LogP contribution is 2.14. The Labute approximate surface area is 134 Å². The molecule has 0 saturated heterocycles. The predicted octanol–water partition coefficient (Wildman–Crippen LogP) is 1.75. The van der Waals surface area contributed by atoms with Gasteiger partial charge in [-0.1, -0.05) is 12.1 Å². The molecule has 0 fully saturated rings. The van der Waals surface area contributed by atoms with Crippen molar-refractivity contribution in [1.29, 1.82) is 0 Å². The molecule has 2 aromatic carbocycles. The van der Waals surface area contributed by atoms with E-state index >= 15 is 0 Å². The van der Waals surface area contributed by atoms with Gasteiger partial charge in [0.15, 0.2) is 0 Å². The van der Waals surface area contributed by atoms with Gasteiger partial charge in [0, 0.05) is 12.1 Å². The van der Waals surface area contributed by atoms with Crippen molar-refractivity contribution < 1.29 is 17.6 Å². The number of carbonyl (C=O) groups is 1. The number of rotatable bonds is 6. The zero-order chi connectivity index (χ0) is 17.0. The first kappa shape index (κ1) is 17.1. The minimum absolute atomic E-state index is 0.110. The van der Waals surface area contributed by atoms with E-state index in [0.29, 0.717) is 17.5 Å². The molecule has 0 aliphatic rings. The number of sulfonamides is 1. The molecule has 2 rings (SSSR count). The Balaban J connectivity index is 2.05. The van der Waals surface area contributed by atoms with E-state index in [4.69, 9.17) is 5.73 Å². The van der Waals surface area contributed by atoms with Gasteiger partial charge >= 0.3 is 0 Å². The summed E-state index contributed by atoms with van der Waals surface area (Å²) >= 11 is 0. The van der Waals surface area contributed by atoms with Gasteiger partial charge in [-0.25, -0.2) is 17.5 Å². The number of halogens is 1. The zero-order valence-corrected chi connectivity index (χ0v) is 13.4. The van der Waals surface area contributed by atoms with E-state index in [2.05, 4.69) is 4.72 Å². The monoisotopic (exact) mass is 336 g/mol. The van der Waals surface area contributed by atoms with Gasteiger partial charge in [0.1, 0.15) is 5.82 Å². The third kappa shape index (κ3) is 4.61. The maximum absolute atomic E-state index is 13.3. The van der Waals surface area contributed by atoms with Crippen LogP contribution in [0.25, 0.3) is 0 Å². The summed E-state index contributed by atoms with van der Waals surface area (Å²) in [4.78, 5) is 11.0. The minimum atomic E-state index is -3.78.